The van der Waals surface area contributed by atoms with Gasteiger partial charge in [-0.25, -0.2) is 18.2 Å². The van der Waals surface area contributed by atoms with Crippen LogP contribution in [0, 0.1) is 6.92 Å². The van der Waals surface area contributed by atoms with E-state index in [0.29, 0.717) is 16.6 Å². The van der Waals surface area contributed by atoms with Crippen molar-refractivity contribution in [1.82, 2.24) is 14.8 Å². The molecule has 0 aliphatic heterocycles. The third-order valence-corrected chi connectivity index (χ3v) is 4.92. The summed E-state index contributed by atoms with van der Waals surface area (Å²) in [5.74, 6) is -1.20. The average molecular weight is 346 g/mol. The number of sulfonamides is 1. The van der Waals surface area contributed by atoms with Gasteiger partial charge in [-0.2, -0.15) is 5.10 Å². The Morgan fingerprint density at radius 3 is 2.75 bits per heavy atom. The fourth-order valence-corrected chi connectivity index (χ4v) is 3.46. The molecule has 2 heterocycles. The minimum atomic E-state index is -3.98. The zero-order chi connectivity index (χ0) is 17.5. The summed E-state index contributed by atoms with van der Waals surface area (Å²) < 4.78 is 29.0. The fraction of sp³-hybridized carbons (Fsp3) is 0.133. The molecule has 3 aromatic rings. The Morgan fingerprint density at radius 2 is 2.04 bits per heavy atom. The minimum absolute atomic E-state index is 0.00813. The first-order chi connectivity index (χ1) is 11.3. The molecule has 0 aliphatic carbocycles. The smallest absolute Gasteiger partial charge is 0.338 e. The van der Waals surface area contributed by atoms with Crippen LogP contribution in [0.1, 0.15) is 15.9 Å². The predicted octanol–water partition coefficient (Wildman–Crippen LogP) is 1.78. The van der Waals surface area contributed by atoms with E-state index < -0.39 is 16.0 Å². The maximum Gasteiger partial charge on any atom is 0.338 e. The van der Waals surface area contributed by atoms with E-state index in [1.807, 2.05) is 0 Å². The highest BCUT2D eigenvalue weighted by Gasteiger charge is 2.21. The van der Waals surface area contributed by atoms with Gasteiger partial charge in [-0.05, 0) is 24.6 Å². The number of benzene rings is 1. The van der Waals surface area contributed by atoms with E-state index in [1.165, 1.54) is 29.2 Å². The minimum Gasteiger partial charge on any atom is -0.478 e. The maximum absolute atomic E-state index is 12.6. The molecule has 0 aliphatic rings. The van der Waals surface area contributed by atoms with Crippen LogP contribution in [0.2, 0.25) is 0 Å². The van der Waals surface area contributed by atoms with E-state index in [2.05, 4.69) is 14.8 Å². The van der Waals surface area contributed by atoms with Crippen LogP contribution >= 0.6 is 0 Å². The van der Waals surface area contributed by atoms with Gasteiger partial charge in [0.05, 0.1) is 17.4 Å². The summed E-state index contributed by atoms with van der Waals surface area (Å²) >= 11 is 0. The zero-order valence-corrected chi connectivity index (χ0v) is 13.7. The van der Waals surface area contributed by atoms with Crippen molar-refractivity contribution in [3.63, 3.8) is 0 Å². The molecule has 0 unspecified atom stereocenters. The van der Waals surface area contributed by atoms with Crippen LogP contribution in [-0.4, -0.2) is 34.3 Å². The number of aromatic carboxylic acids is 1. The van der Waals surface area contributed by atoms with Crippen LogP contribution < -0.4 is 4.72 Å². The molecular weight excluding hydrogens is 332 g/mol. The molecule has 2 N–H and O–H groups in total. The normalized spacial score (nSPS) is 11.6. The maximum atomic E-state index is 12.6. The van der Waals surface area contributed by atoms with Gasteiger partial charge >= 0.3 is 5.97 Å². The summed E-state index contributed by atoms with van der Waals surface area (Å²) in [6.45, 7) is 1.60. The van der Waals surface area contributed by atoms with Gasteiger partial charge in [0.25, 0.3) is 10.0 Å². The van der Waals surface area contributed by atoms with Gasteiger partial charge in [-0.1, -0.05) is 12.1 Å². The number of aryl methyl sites for hydroxylation is 2. The Balaban J connectivity index is 2.05. The second kappa shape index (κ2) is 5.60. The molecule has 1 aromatic carbocycles. The lowest BCUT2D eigenvalue weighted by atomic mass is 10.1. The molecule has 0 fully saturated rings. The number of hydrogen-bond acceptors (Lipinski definition) is 5. The van der Waals surface area contributed by atoms with Gasteiger partial charge in [0.2, 0.25) is 0 Å². The summed E-state index contributed by atoms with van der Waals surface area (Å²) in [5, 5.41) is 13.9. The molecule has 8 nitrogen and oxygen atoms in total. The number of rotatable bonds is 4. The molecule has 24 heavy (non-hydrogen) atoms. The quantitative estimate of drug-likeness (QED) is 0.744. The lowest BCUT2D eigenvalue weighted by molar-refractivity contribution is 0.0697. The summed E-state index contributed by atoms with van der Waals surface area (Å²) in [7, 11) is -2.28. The highest BCUT2D eigenvalue weighted by atomic mass is 32.2. The van der Waals surface area contributed by atoms with Crippen molar-refractivity contribution in [3.8, 4) is 0 Å². The van der Waals surface area contributed by atoms with Gasteiger partial charge in [-0.15, -0.1) is 0 Å². The van der Waals surface area contributed by atoms with E-state index in [1.54, 1.807) is 26.1 Å². The first-order valence-corrected chi connectivity index (χ1v) is 8.41. The second-order valence-electron chi connectivity index (χ2n) is 5.26. The number of carbonyl (C=O) groups is 1. The molecule has 2 aromatic heterocycles. The fourth-order valence-electron chi connectivity index (χ4n) is 2.41. The first kappa shape index (κ1) is 15.9. The van der Waals surface area contributed by atoms with Crippen LogP contribution in [0.25, 0.3) is 11.0 Å². The number of nitrogens with one attached hydrogen (secondary N) is 1. The number of carboxylic acid groups (broad SMARTS) is 1. The third kappa shape index (κ3) is 2.69. The summed E-state index contributed by atoms with van der Waals surface area (Å²) in [6.07, 6.45) is 2.72. The Labute approximate surface area is 137 Å². The Bertz CT molecular complexity index is 1060. The number of aromatic nitrogens is 3. The van der Waals surface area contributed by atoms with Crippen LogP contribution in [-0.2, 0) is 17.1 Å². The SMILES string of the molecule is Cc1cccc(NS(=O)(=O)c2cnc3c(cnn3C)c2)c1C(=O)O. The van der Waals surface area contributed by atoms with E-state index >= 15 is 0 Å². The molecule has 9 heteroatoms. The summed E-state index contributed by atoms with van der Waals surface area (Å²) in [4.78, 5) is 15.4. The zero-order valence-electron chi connectivity index (χ0n) is 12.9. The molecule has 0 spiro atoms. The van der Waals surface area contributed by atoms with Gasteiger partial charge in [0.15, 0.2) is 5.65 Å². The second-order valence-corrected chi connectivity index (χ2v) is 6.94. The molecule has 3 rings (SSSR count). The van der Waals surface area contributed by atoms with Crippen LogP contribution in [0.4, 0.5) is 5.69 Å². The Morgan fingerprint density at radius 1 is 1.29 bits per heavy atom. The van der Waals surface area contributed by atoms with Gasteiger partial charge in [0, 0.05) is 18.6 Å². The molecule has 0 amide bonds. The van der Waals surface area contributed by atoms with Crippen LogP contribution in [0.15, 0.2) is 41.6 Å². The monoisotopic (exact) mass is 346 g/mol. The van der Waals surface area contributed by atoms with Crippen molar-refractivity contribution in [2.75, 3.05) is 4.72 Å². The number of anilines is 1. The van der Waals surface area contributed by atoms with E-state index in [-0.39, 0.29) is 16.1 Å². The standard InChI is InChI=1S/C15H14N4O4S/c1-9-4-3-5-12(13(9)15(20)21)18-24(22,23)11-6-10-7-17-19(2)14(10)16-8-11/h3-8,18H,1-2H3,(H,20,21). The largest absolute Gasteiger partial charge is 0.478 e. The van der Waals surface area contributed by atoms with Crippen molar-refractivity contribution in [3.05, 3.63) is 47.8 Å². The topological polar surface area (TPSA) is 114 Å². The number of hydrogen-bond donors (Lipinski definition) is 2. The van der Waals surface area contributed by atoms with Gasteiger partial charge in [0.1, 0.15) is 4.90 Å². The van der Waals surface area contributed by atoms with E-state index in [9.17, 15) is 18.3 Å². The van der Waals surface area contributed by atoms with Crippen molar-refractivity contribution in [1.29, 1.82) is 0 Å². The molecule has 0 saturated heterocycles. The van der Waals surface area contributed by atoms with Crippen LogP contribution in [0.3, 0.4) is 0 Å². The summed E-state index contributed by atoms with van der Waals surface area (Å²) in [5.41, 5.74) is 0.935. The molecule has 0 radical (unpaired) electrons. The van der Waals surface area contributed by atoms with Crippen molar-refractivity contribution in [2.24, 2.45) is 7.05 Å². The van der Waals surface area contributed by atoms with Gasteiger partial charge in [-0.3, -0.25) is 9.40 Å². The lowest BCUT2D eigenvalue weighted by Crippen LogP contribution is -2.16. The molecule has 124 valence electrons. The lowest BCUT2D eigenvalue weighted by Gasteiger charge is -2.12. The number of nitrogens with zero attached hydrogens (tertiary/aromatic N) is 3. The third-order valence-electron chi connectivity index (χ3n) is 3.59. The molecule has 0 saturated carbocycles. The molecule has 0 bridgehead atoms. The van der Waals surface area contributed by atoms with Crippen LogP contribution in [0.5, 0.6) is 0 Å². The predicted molar refractivity (Wildman–Crippen MR) is 87.5 cm³/mol. The molecular formula is C15H14N4O4S. The van der Waals surface area contributed by atoms with Crippen molar-refractivity contribution >= 4 is 32.7 Å². The van der Waals surface area contributed by atoms with Gasteiger partial charge < -0.3 is 5.11 Å². The Hall–Kier alpha value is -2.94. The highest BCUT2D eigenvalue weighted by molar-refractivity contribution is 7.92. The van der Waals surface area contributed by atoms with E-state index in [0.717, 1.165) is 0 Å². The van der Waals surface area contributed by atoms with E-state index in [4.69, 9.17) is 0 Å². The first-order valence-electron chi connectivity index (χ1n) is 6.93. The van der Waals surface area contributed by atoms with Crippen molar-refractivity contribution in [2.45, 2.75) is 11.8 Å². The Kier molecular flexibility index (Phi) is 3.72. The summed E-state index contributed by atoms with van der Waals surface area (Å²) in [6, 6.07) is 6.03. The molecule has 0 atom stereocenters. The number of fused-ring (bicyclic) bond motifs is 1. The van der Waals surface area contributed by atoms with Crippen molar-refractivity contribution < 1.29 is 18.3 Å². The average Bonchev–Trinajstić information content (AvgIpc) is 2.87. The highest BCUT2D eigenvalue weighted by Crippen LogP contribution is 2.24. The number of pyridine rings is 1. The number of carboxylic acids is 1.